The maximum atomic E-state index is 11.5. The highest BCUT2D eigenvalue weighted by atomic mass is 16.6. The molecule has 0 saturated heterocycles. The minimum absolute atomic E-state index is 0.0774. The van der Waals surface area contributed by atoms with Crippen molar-refractivity contribution in [3.8, 4) is 11.5 Å². The molecule has 2 N–H and O–H groups in total. The van der Waals surface area contributed by atoms with E-state index in [9.17, 15) is 14.9 Å². The van der Waals surface area contributed by atoms with Crippen molar-refractivity contribution in [1.29, 1.82) is 0 Å². The van der Waals surface area contributed by atoms with Crippen molar-refractivity contribution in [2.24, 2.45) is 5.10 Å². The number of benzene rings is 1. The largest absolute Gasteiger partial charge is 0.496 e. The molecule has 0 unspecified atom stereocenters. The zero-order chi connectivity index (χ0) is 18.4. The van der Waals surface area contributed by atoms with Crippen LogP contribution in [-0.4, -0.2) is 35.3 Å². The number of anilines is 1. The van der Waals surface area contributed by atoms with Gasteiger partial charge in [0.2, 0.25) is 11.7 Å². The normalized spacial score (nSPS) is 10.7. The first-order valence-corrected chi connectivity index (χ1v) is 7.28. The van der Waals surface area contributed by atoms with Crippen LogP contribution in [0.2, 0.25) is 0 Å². The Morgan fingerprint density at radius 3 is 2.64 bits per heavy atom. The first kappa shape index (κ1) is 17.9. The van der Waals surface area contributed by atoms with Crippen LogP contribution >= 0.6 is 0 Å². The minimum atomic E-state index is -0.563. The third kappa shape index (κ3) is 4.31. The lowest BCUT2D eigenvalue weighted by molar-refractivity contribution is -0.385. The van der Waals surface area contributed by atoms with Gasteiger partial charge in [-0.25, -0.2) is 10.4 Å². The maximum absolute atomic E-state index is 11.5. The number of ether oxygens (including phenoxy) is 2. The summed E-state index contributed by atoms with van der Waals surface area (Å²) in [6.45, 7) is 1.87. The number of nitrogens with one attached hydrogen (secondary N) is 2. The van der Waals surface area contributed by atoms with Crippen LogP contribution in [0, 0.1) is 10.1 Å². The Kier molecular flexibility index (Phi) is 5.66. The fraction of sp³-hybridized carbons (Fsp3) is 0.267. The minimum Gasteiger partial charge on any atom is -0.496 e. The van der Waals surface area contributed by atoms with E-state index in [1.54, 1.807) is 0 Å². The van der Waals surface area contributed by atoms with Crippen LogP contribution in [0.25, 0.3) is 0 Å². The Morgan fingerprint density at radius 2 is 2.04 bits per heavy atom. The maximum Gasteiger partial charge on any atom is 0.311 e. The first-order chi connectivity index (χ1) is 12.0. The zero-order valence-electron chi connectivity index (χ0n) is 13.9. The predicted octanol–water partition coefficient (Wildman–Crippen LogP) is 1.70. The number of nitrogens with zero attached hydrogens (tertiary/aromatic N) is 3. The number of H-pyrrole nitrogens is 1. The number of hydrazone groups is 1. The van der Waals surface area contributed by atoms with Crippen molar-refractivity contribution in [2.45, 2.75) is 13.3 Å². The SMILES string of the molecule is CCc1cc(=O)[nH]c(N/N=C\c2cc([N+](=O)[O-])c(OC)cc2OC)n1. The fourth-order valence-corrected chi connectivity index (χ4v) is 2.05. The van der Waals surface area contributed by atoms with Crippen molar-refractivity contribution < 1.29 is 14.4 Å². The average molecular weight is 347 g/mol. The van der Waals surface area contributed by atoms with E-state index in [1.807, 2.05) is 6.92 Å². The average Bonchev–Trinajstić information content (AvgIpc) is 2.60. The van der Waals surface area contributed by atoms with Crippen molar-refractivity contribution in [1.82, 2.24) is 9.97 Å². The van der Waals surface area contributed by atoms with Gasteiger partial charge in [0.1, 0.15) is 5.75 Å². The molecule has 1 aromatic heterocycles. The second-order valence-electron chi connectivity index (χ2n) is 4.83. The van der Waals surface area contributed by atoms with E-state index in [2.05, 4.69) is 20.5 Å². The smallest absolute Gasteiger partial charge is 0.311 e. The summed E-state index contributed by atoms with van der Waals surface area (Å²) >= 11 is 0. The molecule has 132 valence electrons. The number of rotatable bonds is 7. The zero-order valence-corrected chi connectivity index (χ0v) is 13.9. The molecule has 0 radical (unpaired) electrons. The van der Waals surface area contributed by atoms with Gasteiger partial charge in [-0.1, -0.05) is 6.92 Å². The molecular weight excluding hydrogens is 330 g/mol. The van der Waals surface area contributed by atoms with Crippen molar-refractivity contribution in [3.63, 3.8) is 0 Å². The number of hydrogen-bond donors (Lipinski definition) is 2. The predicted molar refractivity (Wildman–Crippen MR) is 91.7 cm³/mol. The van der Waals surface area contributed by atoms with Gasteiger partial charge >= 0.3 is 5.69 Å². The molecule has 2 rings (SSSR count). The molecule has 0 aliphatic rings. The highest BCUT2D eigenvalue weighted by molar-refractivity contribution is 5.86. The van der Waals surface area contributed by atoms with Gasteiger partial charge in [-0.2, -0.15) is 5.10 Å². The van der Waals surface area contributed by atoms with Crippen LogP contribution in [0.4, 0.5) is 11.6 Å². The monoisotopic (exact) mass is 347 g/mol. The molecule has 0 amide bonds. The summed E-state index contributed by atoms with van der Waals surface area (Å²) in [5.41, 5.74) is 3.03. The molecule has 10 nitrogen and oxygen atoms in total. The Hall–Kier alpha value is -3.43. The van der Waals surface area contributed by atoms with Gasteiger partial charge in [0.05, 0.1) is 25.4 Å². The highest BCUT2D eigenvalue weighted by Gasteiger charge is 2.18. The summed E-state index contributed by atoms with van der Waals surface area (Å²) < 4.78 is 10.2. The third-order valence-electron chi connectivity index (χ3n) is 3.26. The van der Waals surface area contributed by atoms with Gasteiger partial charge in [-0.05, 0) is 6.42 Å². The fourth-order valence-electron chi connectivity index (χ4n) is 2.05. The van der Waals surface area contributed by atoms with Crippen molar-refractivity contribution in [2.75, 3.05) is 19.6 Å². The molecule has 1 aromatic carbocycles. The molecule has 0 atom stereocenters. The van der Waals surface area contributed by atoms with E-state index in [4.69, 9.17) is 9.47 Å². The van der Waals surface area contributed by atoms with Gasteiger partial charge in [0.25, 0.3) is 5.56 Å². The summed E-state index contributed by atoms with van der Waals surface area (Å²) in [6.07, 6.45) is 1.92. The number of hydrogen-bond acceptors (Lipinski definition) is 8. The molecular formula is C15H17N5O5. The van der Waals surface area contributed by atoms with Crippen LogP contribution in [0.15, 0.2) is 28.1 Å². The van der Waals surface area contributed by atoms with Gasteiger partial charge in [-0.3, -0.25) is 19.9 Å². The van der Waals surface area contributed by atoms with Crippen LogP contribution in [0.3, 0.4) is 0 Å². The third-order valence-corrected chi connectivity index (χ3v) is 3.26. The van der Waals surface area contributed by atoms with E-state index in [0.717, 1.165) is 0 Å². The molecule has 25 heavy (non-hydrogen) atoms. The van der Waals surface area contributed by atoms with Gasteiger partial charge in [0.15, 0.2) is 0 Å². The van der Waals surface area contributed by atoms with E-state index >= 15 is 0 Å². The Labute approximate surface area is 142 Å². The summed E-state index contributed by atoms with van der Waals surface area (Å²) in [5.74, 6) is 0.591. The number of aromatic amines is 1. The Bertz CT molecular complexity index is 862. The van der Waals surface area contributed by atoms with Crippen LogP contribution in [0.1, 0.15) is 18.2 Å². The number of nitro benzene ring substituents is 1. The van der Waals surface area contributed by atoms with E-state index in [-0.39, 0.29) is 22.9 Å². The lowest BCUT2D eigenvalue weighted by Crippen LogP contribution is -2.11. The molecule has 0 bridgehead atoms. The number of aryl methyl sites for hydroxylation is 1. The standard InChI is InChI=1S/C15H17N5O5/c1-4-10-6-14(21)18-15(17-10)19-16-8-9-5-11(20(22)23)13(25-3)7-12(9)24-2/h5-8H,4H2,1-3H3,(H2,17,18,19,21)/b16-8-. The molecule has 0 aliphatic heterocycles. The van der Waals surface area contributed by atoms with Gasteiger partial charge in [-0.15, -0.1) is 0 Å². The lowest BCUT2D eigenvalue weighted by atomic mass is 10.1. The van der Waals surface area contributed by atoms with Crippen LogP contribution < -0.4 is 20.5 Å². The highest BCUT2D eigenvalue weighted by Crippen LogP contribution is 2.33. The van der Waals surface area contributed by atoms with Crippen molar-refractivity contribution in [3.05, 3.63) is 49.9 Å². The Balaban J connectivity index is 2.31. The molecule has 0 aliphatic carbocycles. The molecule has 2 aromatic rings. The molecule has 1 heterocycles. The van der Waals surface area contributed by atoms with Crippen LogP contribution in [-0.2, 0) is 6.42 Å². The lowest BCUT2D eigenvalue weighted by Gasteiger charge is -2.08. The topological polar surface area (TPSA) is 132 Å². The van der Waals surface area contributed by atoms with E-state index in [1.165, 1.54) is 38.6 Å². The van der Waals surface area contributed by atoms with Crippen LogP contribution in [0.5, 0.6) is 11.5 Å². The number of methoxy groups -OCH3 is 2. The second kappa shape index (κ2) is 7.90. The quantitative estimate of drug-likeness (QED) is 0.442. The first-order valence-electron chi connectivity index (χ1n) is 7.28. The number of aromatic nitrogens is 2. The van der Waals surface area contributed by atoms with E-state index < -0.39 is 4.92 Å². The van der Waals surface area contributed by atoms with Gasteiger partial charge < -0.3 is 9.47 Å². The molecule has 0 saturated carbocycles. The molecule has 10 heteroatoms. The summed E-state index contributed by atoms with van der Waals surface area (Å²) in [7, 11) is 2.76. The van der Waals surface area contributed by atoms with Gasteiger partial charge in [0, 0.05) is 29.5 Å². The number of nitro groups is 1. The molecule has 0 spiro atoms. The summed E-state index contributed by atoms with van der Waals surface area (Å²) in [5, 5.41) is 15.1. The molecule has 0 fully saturated rings. The second-order valence-corrected chi connectivity index (χ2v) is 4.83. The summed E-state index contributed by atoms with van der Waals surface area (Å²) in [4.78, 5) is 28.7. The Morgan fingerprint density at radius 1 is 1.32 bits per heavy atom. The van der Waals surface area contributed by atoms with E-state index in [0.29, 0.717) is 23.4 Å². The summed E-state index contributed by atoms with van der Waals surface area (Å²) in [6, 6.07) is 4.07. The van der Waals surface area contributed by atoms with Crippen molar-refractivity contribution >= 4 is 17.9 Å².